The van der Waals surface area contributed by atoms with Crippen molar-refractivity contribution in [2.45, 2.75) is 65.4 Å². The van der Waals surface area contributed by atoms with Gasteiger partial charge in [-0.2, -0.15) is 0 Å². The number of nitrogens with zero attached hydrogens (tertiary/aromatic N) is 1. The van der Waals surface area contributed by atoms with Gasteiger partial charge in [-0.15, -0.1) is 0 Å². The van der Waals surface area contributed by atoms with Crippen LogP contribution in [-0.2, 0) is 33.6 Å². The molecule has 177 valence electrons. The average molecular weight is 458 g/mol. The predicted octanol–water partition coefficient (Wildman–Crippen LogP) is 5.05. The van der Waals surface area contributed by atoms with Crippen LogP contribution < -0.4 is 5.46 Å². The highest BCUT2D eigenvalue weighted by atomic mass is 16.7. The largest absolute Gasteiger partial charge is 0.494 e. The highest BCUT2D eigenvalue weighted by molar-refractivity contribution is 6.62. The summed E-state index contributed by atoms with van der Waals surface area (Å²) in [5, 5.41) is 0. The Morgan fingerprint density at radius 3 is 1.94 bits per heavy atom. The minimum atomic E-state index is -0.409. The number of carbonyl (C=O) groups is 1. The van der Waals surface area contributed by atoms with Gasteiger partial charge >= 0.3 is 13.2 Å². The Morgan fingerprint density at radius 2 is 1.38 bits per heavy atom. The standard InChI is InChI=1S/C28H33BNO4/c1-6-21-11-13-22(14-12-21)19-30(25-9-7-8-10-25)26(31)32-20-23-15-17-24(18-16-23)29-33-27(2,3)28(4,5)34-29/h7-18H,6,19-20H2,1-5H3. The lowest BCUT2D eigenvalue weighted by atomic mass is 9.79. The van der Waals surface area contributed by atoms with E-state index in [4.69, 9.17) is 14.0 Å². The maximum atomic E-state index is 13.0. The molecule has 0 aromatic heterocycles. The van der Waals surface area contributed by atoms with Gasteiger partial charge in [0.05, 0.1) is 17.2 Å². The molecular formula is C28H33BNO4. The van der Waals surface area contributed by atoms with Crippen molar-refractivity contribution in [2.24, 2.45) is 0 Å². The number of carbonyl (C=O) groups excluding carboxylic acids is 1. The van der Waals surface area contributed by atoms with E-state index < -0.39 is 7.12 Å². The number of rotatable bonds is 7. The third kappa shape index (κ3) is 5.50. The molecule has 1 heterocycles. The molecule has 2 fully saturated rings. The van der Waals surface area contributed by atoms with Crippen molar-refractivity contribution in [3.63, 3.8) is 0 Å². The van der Waals surface area contributed by atoms with Crippen LogP contribution >= 0.6 is 0 Å². The summed E-state index contributed by atoms with van der Waals surface area (Å²) in [5.74, 6) is 0. The van der Waals surface area contributed by atoms with Gasteiger partial charge in [0.2, 0.25) is 0 Å². The van der Waals surface area contributed by atoms with Crippen molar-refractivity contribution in [1.29, 1.82) is 0 Å². The molecule has 0 spiro atoms. The van der Waals surface area contributed by atoms with Gasteiger partial charge in [0.15, 0.2) is 0 Å². The molecule has 1 saturated heterocycles. The van der Waals surface area contributed by atoms with Crippen LogP contribution in [0, 0.1) is 31.7 Å². The number of amides is 1. The summed E-state index contributed by atoms with van der Waals surface area (Å²) in [6.07, 6.45) is 8.29. The molecule has 1 amide bonds. The summed E-state index contributed by atoms with van der Waals surface area (Å²) in [7, 11) is -0.409. The summed E-state index contributed by atoms with van der Waals surface area (Å²) >= 11 is 0. The Labute approximate surface area is 204 Å². The molecule has 6 heteroatoms. The van der Waals surface area contributed by atoms with E-state index >= 15 is 0 Å². The molecule has 5 nitrogen and oxygen atoms in total. The number of hydrogen-bond acceptors (Lipinski definition) is 4. The van der Waals surface area contributed by atoms with E-state index in [0.29, 0.717) is 6.54 Å². The van der Waals surface area contributed by atoms with Crippen LogP contribution in [0.5, 0.6) is 0 Å². The van der Waals surface area contributed by atoms with Crippen LogP contribution in [0.15, 0.2) is 48.5 Å². The number of ether oxygens (including phenoxy) is 1. The van der Waals surface area contributed by atoms with E-state index in [1.54, 1.807) is 4.90 Å². The lowest BCUT2D eigenvalue weighted by Crippen LogP contribution is -2.41. The topological polar surface area (TPSA) is 48.0 Å². The highest BCUT2D eigenvalue weighted by Gasteiger charge is 2.51. The van der Waals surface area contributed by atoms with Crippen LogP contribution in [0.2, 0.25) is 0 Å². The minimum absolute atomic E-state index is 0.189. The lowest BCUT2D eigenvalue weighted by Gasteiger charge is -2.32. The van der Waals surface area contributed by atoms with Crippen LogP contribution in [0.25, 0.3) is 0 Å². The summed E-state index contributed by atoms with van der Waals surface area (Å²) < 4.78 is 17.9. The molecule has 0 N–H and O–H groups in total. The Bertz CT molecular complexity index is 949. The fraction of sp³-hybridized carbons (Fsp3) is 0.357. The smallest absolute Gasteiger partial charge is 0.445 e. The first-order valence-corrected chi connectivity index (χ1v) is 11.9. The molecule has 0 atom stereocenters. The summed E-state index contributed by atoms with van der Waals surface area (Å²) in [6.45, 7) is 10.9. The van der Waals surface area contributed by atoms with E-state index in [1.165, 1.54) is 5.56 Å². The van der Waals surface area contributed by atoms with Gasteiger partial charge in [-0.25, -0.2) is 4.79 Å². The molecule has 2 aromatic carbocycles. The summed E-state index contributed by atoms with van der Waals surface area (Å²) in [5.41, 5.74) is 3.42. The molecule has 2 aromatic rings. The van der Waals surface area contributed by atoms with Gasteiger partial charge in [-0.05, 0) is 82.0 Å². The van der Waals surface area contributed by atoms with Crippen molar-refractivity contribution >= 4 is 18.7 Å². The quantitative estimate of drug-likeness (QED) is 0.545. The van der Waals surface area contributed by atoms with Crippen molar-refractivity contribution in [3.05, 3.63) is 96.9 Å². The van der Waals surface area contributed by atoms with Gasteiger partial charge in [0, 0.05) is 6.54 Å². The van der Waals surface area contributed by atoms with Crippen LogP contribution in [-0.4, -0.2) is 29.3 Å². The van der Waals surface area contributed by atoms with Crippen molar-refractivity contribution in [1.82, 2.24) is 4.90 Å². The molecular weight excluding hydrogens is 425 g/mol. The second-order valence-electron chi connectivity index (χ2n) is 9.78. The predicted molar refractivity (Wildman–Crippen MR) is 134 cm³/mol. The first-order chi connectivity index (χ1) is 16.2. The van der Waals surface area contributed by atoms with E-state index in [0.717, 1.165) is 29.1 Å². The van der Waals surface area contributed by atoms with E-state index in [-0.39, 0.29) is 23.9 Å². The second kappa shape index (κ2) is 10.1. The second-order valence-corrected chi connectivity index (χ2v) is 9.78. The molecule has 1 saturated carbocycles. The Morgan fingerprint density at radius 1 is 0.853 bits per heavy atom. The first kappa shape index (κ1) is 24.8. The first-order valence-electron chi connectivity index (χ1n) is 11.9. The minimum Gasteiger partial charge on any atom is -0.445 e. The van der Waals surface area contributed by atoms with Gasteiger partial charge < -0.3 is 14.0 Å². The van der Waals surface area contributed by atoms with Gasteiger partial charge in [-0.3, -0.25) is 4.90 Å². The van der Waals surface area contributed by atoms with Crippen molar-refractivity contribution in [3.8, 4) is 0 Å². The SMILES string of the molecule is CCc1ccc(CN([C]2[CH][CH][CH][CH]2)C(=O)OCc2ccc(B3OC(C)(C)C(C)(C)O3)cc2)cc1. The van der Waals surface area contributed by atoms with E-state index in [9.17, 15) is 4.79 Å². The van der Waals surface area contributed by atoms with Crippen LogP contribution in [0.4, 0.5) is 4.79 Å². The maximum Gasteiger partial charge on any atom is 0.494 e. The molecule has 0 bridgehead atoms. The fourth-order valence-electron chi connectivity index (χ4n) is 3.84. The third-order valence-corrected chi connectivity index (χ3v) is 6.82. The fourth-order valence-corrected chi connectivity index (χ4v) is 3.84. The Kier molecular flexibility index (Phi) is 7.39. The monoisotopic (exact) mass is 458 g/mol. The lowest BCUT2D eigenvalue weighted by molar-refractivity contribution is 0.00578. The van der Waals surface area contributed by atoms with Gasteiger partial charge in [-0.1, -0.05) is 55.5 Å². The molecule has 2 aliphatic rings. The van der Waals surface area contributed by atoms with E-state index in [2.05, 4.69) is 31.2 Å². The zero-order chi connectivity index (χ0) is 24.3. The van der Waals surface area contributed by atoms with E-state index in [1.807, 2.05) is 77.6 Å². The van der Waals surface area contributed by atoms with Crippen molar-refractivity contribution < 1.29 is 18.8 Å². The zero-order valence-electron chi connectivity index (χ0n) is 20.7. The number of benzene rings is 2. The molecule has 1 aliphatic heterocycles. The Hall–Kier alpha value is -2.31. The highest BCUT2D eigenvalue weighted by Crippen LogP contribution is 2.36. The van der Waals surface area contributed by atoms with Crippen LogP contribution in [0.3, 0.4) is 0 Å². The molecule has 4 rings (SSSR count). The van der Waals surface area contributed by atoms with Crippen LogP contribution in [0.1, 0.15) is 51.3 Å². The molecule has 34 heavy (non-hydrogen) atoms. The third-order valence-electron chi connectivity index (χ3n) is 6.82. The molecule has 5 radical (unpaired) electrons. The zero-order valence-corrected chi connectivity index (χ0v) is 20.7. The Balaban J connectivity index is 1.37. The number of aryl methyl sites for hydroxylation is 1. The average Bonchev–Trinajstić information content (AvgIpc) is 3.42. The maximum absolute atomic E-state index is 13.0. The van der Waals surface area contributed by atoms with Gasteiger partial charge in [0.25, 0.3) is 0 Å². The molecule has 0 unspecified atom stereocenters. The summed E-state index contributed by atoms with van der Waals surface area (Å²) in [4.78, 5) is 14.7. The van der Waals surface area contributed by atoms with Gasteiger partial charge in [0.1, 0.15) is 6.61 Å². The normalized spacial score (nSPS) is 19.4. The number of hydrogen-bond donors (Lipinski definition) is 0. The molecule has 1 aliphatic carbocycles. The van der Waals surface area contributed by atoms with Crippen molar-refractivity contribution in [2.75, 3.05) is 0 Å². The summed E-state index contributed by atoms with van der Waals surface area (Å²) in [6, 6.07) is 17.0.